The van der Waals surface area contributed by atoms with Gasteiger partial charge in [-0.05, 0) is 261 Å². The van der Waals surface area contributed by atoms with Crippen molar-refractivity contribution in [1.82, 2.24) is 79.3 Å². The largest absolute Gasteiger partial charge is 0.368 e. The smallest absolute Gasteiger partial charge is 0.245 e. The van der Waals surface area contributed by atoms with Gasteiger partial charge in [-0.15, -0.1) is 0 Å². The van der Waals surface area contributed by atoms with Crippen LogP contribution in [-0.2, 0) is 76.7 Å². The van der Waals surface area contributed by atoms with Gasteiger partial charge in [0.2, 0.25) is 94.5 Å². The van der Waals surface area contributed by atoms with E-state index in [1.165, 1.54) is 18.7 Å². The third-order valence-electron chi connectivity index (χ3n) is 21.5. The number of hydrogen-bond donors (Lipinski definition) is 21. The Morgan fingerprint density at radius 1 is 0.262 bits per heavy atom. The number of unbranched alkanes of at least 4 members (excludes halogenated alkanes) is 6. The van der Waals surface area contributed by atoms with Crippen LogP contribution in [0.2, 0.25) is 0 Å². The van der Waals surface area contributed by atoms with E-state index < -0.39 is 185 Å². The molecule has 0 spiro atoms. The molecule has 1 aliphatic heterocycles. The van der Waals surface area contributed by atoms with Crippen LogP contribution in [0.1, 0.15) is 284 Å². The molecule has 16 amide bonds. The molecule has 0 bridgehead atoms. The zero-order valence-electron chi connectivity index (χ0n) is 78.8. The molecule has 724 valence electrons. The summed E-state index contributed by atoms with van der Waals surface area (Å²) in [6.45, 7) is 30.2. The molecule has 0 unspecified atom stereocenters. The van der Waals surface area contributed by atoms with Crippen LogP contribution in [-0.4, -0.2) is 236 Å². The maximum atomic E-state index is 15.1. The van der Waals surface area contributed by atoms with Gasteiger partial charge in [0, 0.05) is 13.5 Å². The Bertz CT molecular complexity index is 3370. The standard InChI is InChI=1S/C88H166N22O16/c1-51(2)44-66(80(118)96-58(15)74(95)112)106-84(122)69(47-54(7)8)104-79(117)64(34-21-27-41-93)101-83(121)72(50-57(13)14)109-87(125)73-36-29-43-110(73)88(126)65(35-22-28-42-94)102-76(114)61(31-18-24-38-90)99-81(119)67(45-52(3)4)107-86(124)71(49-56(11)12)105-78(116)63(33-20-26-40-92)100-82(120)68(46-53(5)6)108-85(123)70(48-55(9)10)103-77(115)62(32-19-25-39-91)98-75(113)60(97-59(16)111)30-17-23-37-89/h51-58,60-73H,17-50,89-94H2,1-16H3,(H2,95,112)(H,96,118)(H,97,111)(H,98,113)(H,99,119)(H,100,120)(H,101,121)(H,102,114)(H,103,115)(H,104,117)(H,105,116)(H,106,122)(H,107,124)(H,108,123)(H,109,125)/t58-,60-,61-,62-,63-,64-,65-,66-,67-,68-,69-,70-,71-,72-,73-/m0/s1. The van der Waals surface area contributed by atoms with Crippen molar-refractivity contribution in [2.24, 2.45) is 81.6 Å². The molecule has 28 N–H and O–H groups in total. The number of likely N-dealkylation sites (tertiary alicyclic amines) is 1. The minimum Gasteiger partial charge on any atom is -0.368 e. The molecule has 1 fully saturated rings. The Hall–Kier alpha value is -8.72. The number of amides is 16. The van der Waals surface area contributed by atoms with Crippen LogP contribution >= 0.6 is 0 Å². The second-order valence-electron chi connectivity index (χ2n) is 36.9. The second-order valence-corrected chi connectivity index (χ2v) is 36.9. The summed E-state index contributed by atoms with van der Waals surface area (Å²) < 4.78 is 0. The molecule has 0 saturated carbocycles. The van der Waals surface area contributed by atoms with Gasteiger partial charge >= 0.3 is 0 Å². The Morgan fingerprint density at radius 3 is 0.667 bits per heavy atom. The highest BCUT2D eigenvalue weighted by Gasteiger charge is 2.43. The Morgan fingerprint density at radius 2 is 0.452 bits per heavy atom. The molecule has 0 aromatic heterocycles. The van der Waals surface area contributed by atoms with Gasteiger partial charge in [-0.1, -0.05) is 96.9 Å². The fourth-order valence-corrected chi connectivity index (χ4v) is 14.9. The van der Waals surface area contributed by atoms with E-state index in [-0.39, 0.29) is 164 Å². The number of hydrogen-bond acceptors (Lipinski definition) is 22. The highest BCUT2D eigenvalue weighted by molar-refractivity contribution is 6.01. The number of nitrogens with two attached hydrogens (primary N) is 7. The van der Waals surface area contributed by atoms with Crippen molar-refractivity contribution in [2.45, 2.75) is 375 Å². The van der Waals surface area contributed by atoms with E-state index >= 15 is 4.79 Å². The average molecular weight is 1790 g/mol. The summed E-state index contributed by atoms with van der Waals surface area (Å²) in [4.78, 5) is 229. The molecule has 0 aromatic rings. The lowest BCUT2D eigenvalue weighted by Crippen LogP contribution is -2.61. The molecule has 38 nitrogen and oxygen atoms in total. The highest BCUT2D eigenvalue weighted by atomic mass is 16.2. The fourth-order valence-electron chi connectivity index (χ4n) is 14.9. The van der Waals surface area contributed by atoms with E-state index in [1.54, 1.807) is 0 Å². The summed E-state index contributed by atoms with van der Waals surface area (Å²) in [7, 11) is 0. The van der Waals surface area contributed by atoms with Crippen molar-refractivity contribution in [3.63, 3.8) is 0 Å². The zero-order valence-corrected chi connectivity index (χ0v) is 78.8. The summed E-state index contributed by atoms with van der Waals surface area (Å²) in [5.41, 5.74) is 40.7. The fraction of sp³-hybridized carbons (Fsp3) is 0.818. The summed E-state index contributed by atoms with van der Waals surface area (Å²) in [5.74, 6) is -12.2. The number of nitrogens with one attached hydrogen (secondary N) is 14. The van der Waals surface area contributed by atoms with Gasteiger partial charge in [-0.25, -0.2) is 0 Å². The van der Waals surface area contributed by atoms with Crippen LogP contribution in [0, 0.1) is 41.4 Å². The van der Waals surface area contributed by atoms with Crippen molar-refractivity contribution in [1.29, 1.82) is 0 Å². The molecule has 1 rings (SSSR count). The van der Waals surface area contributed by atoms with E-state index in [0.29, 0.717) is 96.6 Å². The van der Waals surface area contributed by atoms with Crippen LogP contribution in [0.4, 0.5) is 0 Å². The molecular formula is C88H166N22O16. The van der Waals surface area contributed by atoms with Crippen molar-refractivity contribution >= 4 is 94.5 Å². The maximum Gasteiger partial charge on any atom is 0.245 e. The van der Waals surface area contributed by atoms with E-state index in [9.17, 15) is 71.9 Å². The summed E-state index contributed by atoms with van der Waals surface area (Å²) in [5, 5.41) is 39.1. The van der Waals surface area contributed by atoms with E-state index in [1.807, 2.05) is 96.9 Å². The molecule has 1 heterocycles. The lowest BCUT2D eigenvalue weighted by atomic mass is 9.98. The normalized spacial score (nSPS) is 16.1. The minimum atomic E-state index is -1.31. The molecule has 126 heavy (non-hydrogen) atoms. The molecule has 1 aliphatic rings. The SMILES string of the molecule is CC(=O)N[C@@H](CCCCN)C(=O)N[C@@H](CCCCN)C(=O)N[C@@H](CC(C)C)C(=O)N[C@@H](CC(C)C)C(=O)N[C@@H](CCCCN)C(=O)N[C@@H](CC(C)C)C(=O)N[C@@H](CC(C)C)C(=O)N[C@@H](CCCCN)C(=O)N[C@@H](CCCCN)C(=O)N1CCC[C@H]1C(=O)N[C@@H](CC(C)C)C(=O)N[C@@H](CCCCN)C(=O)N[C@@H](CC(C)C)C(=O)N[C@@H](CC(C)C)C(=O)N[C@@H](C)C(N)=O. The average Bonchev–Trinajstić information content (AvgIpc) is 1.66. The molecule has 38 heteroatoms. The van der Waals surface area contributed by atoms with Crippen molar-refractivity contribution in [3.05, 3.63) is 0 Å². The van der Waals surface area contributed by atoms with Crippen LogP contribution in [0.15, 0.2) is 0 Å². The first-order chi connectivity index (χ1) is 59.4. The van der Waals surface area contributed by atoms with E-state index in [4.69, 9.17) is 40.1 Å². The molecule has 0 radical (unpaired) electrons. The van der Waals surface area contributed by atoms with Crippen LogP contribution in [0.5, 0.6) is 0 Å². The predicted molar refractivity (Wildman–Crippen MR) is 486 cm³/mol. The topological polar surface area (TPSA) is 627 Å². The number of nitrogens with zero attached hydrogens (tertiary/aromatic N) is 1. The minimum absolute atomic E-state index is 0.0367. The first kappa shape index (κ1) is 115. The van der Waals surface area contributed by atoms with Gasteiger partial charge in [0.15, 0.2) is 0 Å². The number of rotatable bonds is 67. The predicted octanol–water partition coefficient (Wildman–Crippen LogP) is 0.386. The van der Waals surface area contributed by atoms with Gasteiger partial charge in [-0.3, -0.25) is 76.7 Å². The quantitative estimate of drug-likeness (QED) is 0.0366. The Balaban J connectivity index is 3.76. The number of primary amides is 1. The lowest BCUT2D eigenvalue weighted by Gasteiger charge is -2.32. The second kappa shape index (κ2) is 63.3. The Kier molecular flexibility index (Phi) is 57.9. The van der Waals surface area contributed by atoms with E-state index in [2.05, 4.69) is 74.4 Å². The van der Waals surface area contributed by atoms with Crippen LogP contribution in [0.25, 0.3) is 0 Å². The summed E-state index contributed by atoms with van der Waals surface area (Å²) in [6.07, 6.45) is 7.25. The number of carbonyl (C=O) groups excluding carboxylic acids is 16. The molecule has 0 aromatic carbocycles. The first-order valence-electron chi connectivity index (χ1n) is 46.4. The number of carbonyl (C=O) groups is 16. The molecule has 0 aliphatic carbocycles. The monoisotopic (exact) mass is 1790 g/mol. The van der Waals surface area contributed by atoms with Crippen molar-refractivity contribution in [3.8, 4) is 0 Å². The molecule has 1 saturated heterocycles. The first-order valence-corrected chi connectivity index (χ1v) is 46.4. The van der Waals surface area contributed by atoms with Gasteiger partial charge in [-0.2, -0.15) is 0 Å². The summed E-state index contributed by atoms with van der Waals surface area (Å²) in [6, 6.07) is -17.9. The van der Waals surface area contributed by atoms with E-state index in [0.717, 1.165) is 0 Å². The summed E-state index contributed by atoms with van der Waals surface area (Å²) >= 11 is 0. The van der Waals surface area contributed by atoms with Gasteiger partial charge in [0.25, 0.3) is 0 Å². The van der Waals surface area contributed by atoms with Crippen molar-refractivity contribution in [2.75, 3.05) is 45.8 Å². The highest BCUT2D eigenvalue weighted by Crippen LogP contribution is 2.23. The van der Waals surface area contributed by atoms with Gasteiger partial charge in [0.1, 0.15) is 90.6 Å². The lowest BCUT2D eigenvalue weighted by molar-refractivity contribution is -0.143. The van der Waals surface area contributed by atoms with Gasteiger partial charge in [0.05, 0.1) is 0 Å². The zero-order chi connectivity index (χ0) is 95.5. The van der Waals surface area contributed by atoms with Crippen LogP contribution in [0.3, 0.4) is 0 Å². The van der Waals surface area contributed by atoms with Gasteiger partial charge < -0.3 is 119 Å². The maximum absolute atomic E-state index is 15.1. The third kappa shape index (κ3) is 46.8. The molecular weight excluding hydrogens is 1620 g/mol. The molecule has 15 atom stereocenters. The third-order valence-corrected chi connectivity index (χ3v) is 21.5. The Labute approximate surface area is 749 Å². The van der Waals surface area contributed by atoms with Crippen LogP contribution < -0.4 is 115 Å². The van der Waals surface area contributed by atoms with Crippen molar-refractivity contribution < 1.29 is 76.7 Å².